The van der Waals surface area contributed by atoms with E-state index in [-0.39, 0.29) is 18.1 Å². The van der Waals surface area contributed by atoms with Crippen molar-refractivity contribution in [1.82, 2.24) is 19.4 Å². The van der Waals surface area contributed by atoms with E-state index in [2.05, 4.69) is 9.88 Å². The Labute approximate surface area is 149 Å². The van der Waals surface area contributed by atoms with Crippen molar-refractivity contribution in [3.8, 4) is 0 Å². The molecule has 2 aliphatic heterocycles. The van der Waals surface area contributed by atoms with E-state index in [9.17, 15) is 9.59 Å². The molecule has 6 heteroatoms. The Morgan fingerprint density at radius 3 is 2.64 bits per heavy atom. The topological polar surface area (TPSA) is 58.4 Å². The monoisotopic (exact) mass is 346 g/mol. The van der Waals surface area contributed by atoms with E-state index >= 15 is 0 Å². The Bertz CT molecular complexity index is 664. The summed E-state index contributed by atoms with van der Waals surface area (Å²) < 4.78 is 1.49. The largest absolute Gasteiger partial charge is 0.348 e. The van der Waals surface area contributed by atoms with Crippen molar-refractivity contribution in [3.05, 3.63) is 27.9 Å². The fourth-order valence-corrected chi connectivity index (χ4v) is 4.15. The Morgan fingerprint density at radius 1 is 1.16 bits per heavy atom. The summed E-state index contributed by atoms with van der Waals surface area (Å²) in [5.41, 5.74) is 1.17. The summed E-state index contributed by atoms with van der Waals surface area (Å²) in [5.74, 6) is 0.601. The first-order chi connectivity index (χ1) is 12.0. The molecule has 0 bridgehead atoms. The van der Waals surface area contributed by atoms with Crippen LogP contribution in [0.4, 0.5) is 0 Å². The van der Waals surface area contributed by atoms with E-state index in [1.807, 2.05) is 17.9 Å². The van der Waals surface area contributed by atoms with E-state index in [1.54, 1.807) is 6.92 Å². The minimum absolute atomic E-state index is 0.0409. The third-order valence-corrected chi connectivity index (χ3v) is 5.48. The number of rotatable bonds is 4. The van der Waals surface area contributed by atoms with E-state index in [0.29, 0.717) is 11.6 Å². The first kappa shape index (κ1) is 18.1. The van der Waals surface area contributed by atoms with Crippen molar-refractivity contribution in [3.63, 3.8) is 0 Å². The second-order valence-corrected chi connectivity index (χ2v) is 7.62. The summed E-state index contributed by atoms with van der Waals surface area (Å²) in [6.07, 6.45) is 6.22. The number of nitrogens with zero attached hydrogens (tertiary/aromatic N) is 4. The van der Waals surface area contributed by atoms with Gasteiger partial charge in [0.1, 0.15) is 6.54 Å². The number of aryl methyl sites for hydroxylation is 2. The average molecular weight is 346 g/mol. The fourth-order valence-electron chi connectivity index (χ4n) is 4.15. The lowest BCUT2D eigenvalue weighted by Crippen LogP contribution is -2.46. The van der Waals surface area contributed by atoms with Gasteiger partial charge < -0.3 is 9.80 Å². The molecule has 25 heavy (non-hydrogen) atoms. The zero-order valence-electron chi connectivity index (χ0n) is 15.5. The molecule has 138 valence electrons. The van der Waals surface area contributed by atoms with Crippen molar-refractivity contribution in [2.75, 3.05) is 32.7 Å². The third kappa shape index (κ3) is 4.69. The predicted molar refractivity (Wildman–Crippen MR) is 97.6 cm³/mol. The number of hydrogen-bond acceptors (Lipinski definition) is 4. The zero-order valence-corrected chi connectivity index (χ0v) is 15.5. The lowest BCUT2D eigenvalue weighted by molar-refractivity contribution is -0.133. The second kappa shape index (κ2) is 8.13. The summed E-state index contributed by atoms with van der Waals surface area (Å²) in [7, 11) is 0. The van der Waals surface area contributed by atoms with E-state index in [0.717, 1.165) is 31.7 Å². The highest BCUT2D eigenvalue weighted by Gasteiger charge is 2.26. The lowest BCUT2D eigenvalue weighted by Gasteiger charge is -2.37. The first-order valence-corrected chi connectivity index (χ1v) is 9.58. The molecule has 2 aliphatic rings. The van der Waals surface area contributed by atoms with Gasteiger partial charge in [-0.3, -0.25) is 9.36 Å². The molecule has 0 unspecified atom stereocenters. The second-order valence-electron chi connectivity index (χ2n) is 7.62. The van der Waals surface area contributed by atoms with E-state index in [4.69, 9.17) is 0 Å². The molecule has 0 radical (unpaired) electrons. The van der Waals surface area contributed by atoms with E-state index in [1.165, 1.54) is 43.3 Å². The van der Waals surface area contributed by atoms with Gasteiger partial charge in [0.25, 0.3) is 0 Å². The van der Waals surface area contributed by atoms with Gasteiger partial charge in [0.2, 0.25) is 5.91 Å². The third-order valence-electron chi connectivity index (χ3n) is 5.48. The van der Waals surface area contributed by atoms with Crippen molar-refractivity contribution < 1.29 is 4.79 Å². The summed E-state index contributed by atoms with van der Waals surface area (Å²) in [4.78, 5) is 33.3. The Morgan fingerprint density at radius 2 is 1.92 bits per heavy atom. The SMILES string of the molecule is Cc1cc(C)n(CC(=O)N2CCC[C@@H](CN3CCCCC3)C2)c(=O)n1. The van der Waals surface area contributed by atoms with E-state index < -0.39 is 0 Å². The highest BCUT2D eigenvalue weighted by molar-refractivity contribution is 5.76. The number of carbonyl (C=O) groups is 1. The van der Waals surface area contributed by atoms with Crippen LogP contribution in [0.2, 0.25) is 0 Å². The molecule has 0 saturated carbocycles. The molecule has 1 amide bonds. The molecule has 1 atom stereocenters. The van der Waals surface area contributed by atoms with Gasteiger partial charge >= 0.3 is 5.69 Å². The van der Waals surface area contributed by atoms with Crippen molar-refractivity contribution in [2.45, 2.75) is 52.5 Å². The van der Waals surface area contributed by atoms with Crippen LogP contribution in [0.25, 0.3) is 0 Å². The van der Waals surface area contributed by atoms with Crippen LogP contribution >= 0.6 is 0 Å². The van der Waals surface area contributed by atoms with Gasteiger partial charge in [-0.15, -0.1) is 0 Å². The number of carbonyl (C=O) groups excluding carboxylic acids is 1. The van der Waals surface area contributed by atoms with Gasteiger partial charge in [0.15, 0.2) is 0 Å². The lowest BCUT2D eigenvalue weighted by atomic mass is 9.96. The molecule has 2 saturated heterocycles. The maximum Gasteiger partial charge on any atom is 0.348 e. The molecule has 1 aromatic rings. The van der Waals surface area contributed by atoms with Gasteiger partial charge in [-0.1, -0.05) is 6.42 Å². The van der Waals surface area contributed by atoms with Crippen LogP contribution in [0.3, 0.4) is 0 Å². The minimum atomic E-state index is -0.326. The highest BCUT2D eigenvalue weighted by atomic mass is 16.2. The zero-order chi connectivity index (χ0) is 17.8. The molecule has 0 aromatic carbocycles. The minimum Gasteiger partial charge on any atom is -0.341 e. The molecule has 0 aliphatic carbocycles. The maximum atomic E-state index is 12.7. The van der Waals surface area contributed by atoms with Crippen molar-refractivity contribution in [1.29, 1.82) is 0 Å². The summed E-state index contributed by atoms with van der Waals surface area (Å²) in [5, 5.41) is 0. The number of likely N-dealkylation sites (tertiary alicyclic amines) is 2. The van der Waals surface area contributed by atoms with Crippen LogP contribution in [0.15, 0.2) is 10.9 Å². The molecule has 1 aromatic heterocycles. The van der Waals surface area contributed by atoms with Gasteiger partial charge in [-0.25, -0.2) is 4.79 Å². The van der Waals surface area contributed by atoms with Crippen LogP contribution in [0.1, 0.15) is 43.5 Å². The van der Waals surface area contributed by atoms with Gasteiger partial charge in [-0.05, 0) is 64.6 Å². The fraction of sp³-hybridized carbons (Fsp3) is 0.737. The Hall–Kier alpha value is -1.69. The first-order valence-electron chi connectivity index (χ1n) is 9.58. The summed E-state index contributed by atoms with van der Waals surface area (Å²) in [6.45, 7) is 8.91. The maximum absolute atomic E-state index is 12.7. The Kier molecular flexibility index (Phi) is 5.89. The smallest absolute Gasteiger partial charge is 0.341 e. The average Bonchev–Trinajstić information content (AvgIpc) is 2.59. The number of aromatic nitrogens is 2. The van der Waals surface area contributed by atoms with Gasteiger partial charge in [0, 0.05) is 31.0 Å². The van der Waals surface area contributed by atoms with Crippen LogP contribution in [0.5, 0.6) is 0 Å². The van der Waals surface area contributed by atoms with Crippen LogP contribution in [-0.2, 0) is 11.3 Å². The van der Waals surface area contributed by atoms with Crippen LogP contribution in [-0.4, -0.2) is 58.0 Å². The summed E-state index contributed by atoms with van der Waals surface area (Å²) in [6, 6.07) is 1.85. The number of hydrogen-bond donors (Lipinski definition) is 0. The molecular weight excluding hydrogens is 316 g/mol. The van der Waals surface area contributed by atoms with Gasteiger partial charge in [0.05, 0.1) is 0 Å². The quantitative estimate of drug-likeness (QED) is 0.831. The molecule has 3 heterocycles. The standard InChI is InChI=1S/C19H30N4O2/c1-15-11-16(2)23(19(25)20-15)14-18(24)22-10-6-7-17(13-22)12-21-8-4-3-5-9-21/h11,17H,3-10,12-14H2,1-2H3/t17-/m0/s1. The highest BCUT2D eigenvalue weighted by Crippen LogP contribution is 2.20. The summed E-state index contributed by atoms with van der Waals surface area (Å²) >= 11 is 0. The van der Waals surface area contributed by atoms with Crippen LogP contribution < -0.4 is 5.69 Å². The van der Waals surface area contributed by atoms with Crippen molar-refractivity contribution >= 4 is 5.91 Å². The molecule has 0 spiro atoms. The molecule has 3 rings (SSSR count). The normalized spacial score (nSPS) is 22.2. The predicted octanol–water partition coefficient (Wildman–Crippen LogP) is 1.58. The molecule has 0 N–H and O–H groups in total. The molecule has 6 nitrogen and oxygen atoms in total. The Balaban J connectivity index is 1.59. The van der Waals surface area contributed by atoms with Crippen LogP contribution in [0, 0.1) is 19.8 Å². The van der Waals surface area contributed by atoms with Gasteiger partial charge in [-0.2, -0.15) is 4.98 Å². The molecular formula is C19H30N4O2. The number of amides is 1. The van der Waals surface area contributed by atoms with Crippen molar-refractivity contribution in [2.24, 2.45) is 5.92 Å². The molecule has 2 fully saturated rings. The number of piperidine rings is 2.